The van der Waals surface area contributed by atoms with Gasteiger partial charge in [-0.25, -0.2) is 4.79 Å². The molecule has 0 aliphatic heterocycles. The van der Waals surface area contributed by atoms with Gasteiger partial charge in [-0.3, -0.25) is 14.0 Å². The summed E-state index contributed by atoms with van der Waals surface area (Å²) < 4.78 is 5.98. The molecular formula is C19H16N2O6. The van der Waals surface area contributed by atoms with E-state index >= 15 is 0 Å². The number of carboxylic acids is 1. The molecule has 0 fully saturated rings. The minimum absolute atomic E-state index is 0.0628. The van der Waals surface area contributed by atoms with Crippen LogP contribution in [0.1, 0.15) is 33.8 Å². The number of rotatable bonds is 5. The van der Waals surface area contributed by atoms with Crippen LogP contribution in [0.25, 0.3) is 5.65 Å². The summed E-state index contributed by atoms with van der Waals surface area (Å²) >= 11 is 0. The van der Waals surface area contributed by atoms with Crippen LogP contribution in [0.2, 0.25) is 0 Å². The lowest BCUT2D eigenvalue weighted by atomic mass is 9.89. The molecule has 3 aromatic rings. The van der Waals surface area contributed by atoms with E-state index in [0.717, 1.165) is 0 Å². The number of fused-ring (bicyclic) bond motifs is 1. The molecule has 0 aliphatic rings. The van der Waals surface area contributed by atoms with Crippen LogP contribution in [-0.2, 0) is 9.53 Å². The Kier molecular flexibility index (Phi) is 4.89. The number of methoxy groups -OCH3 is 1. The van der Waals surface area contributed by atoms with E-state index < -0.39 is 29.3 Å². The Hall–Kier alpha value is -3.68. The average molecular weight is 368 g/mol. The molecule has 2 aromatic heterocycles. The zero-order chi connectivity index (χ0) is 19.6. The van der Waals surface area contributed by atoms with Crippen LogP contribution in [0.4, 0.5) is 0 Å². The Labute approximate surface area is 153 Å². The highest BCUT2D eigenvalue weighted by atomic mass is 16.5. The molecule has 3 rings (SSSR count). The maximum atomic E-state index is 12.9. The zero-order valence-electron chi connectivity index (χ0n) is 14.3. The molecule has 0 spiro atoms. The second kappa shape index (κ2) is 7.28. The van der Waals surface area contributed by atoms with Gasteiger partial charge >= 0.3 is 11.9 Å². The minimum Gasteiger partial charge on any atom is -0.493 e. The van der Waals surface area contributed by atoms with Gasteiger partial charge in [0.15, 0.2) is 0 Å². The third kappa shape index (κ3) is 3.50. The summed E-state index contributed by atoms with van der Waals surface area (Å²) in [6.45, 7) is 0. The molecule has 1 aromatic carbocycles. The number of benzene rings is 1. The smallest absolute Gasteiger partial charge is 0.335 e. The molecule has 2 heterocycles. The third-order valence-corrected chi connectivity index (χ3v) is 4.26. The third-order valence-electron chi connectivity index (χ3n) is 4.26. The molecule has 8 heteroatoms. The van der Waals surface area contributed by atoms with Crippen molar-refractivity contribution in [1.29, 1.82) is 0 Å². The van der Waals surface area contributed by atoms with E-state index in [2.05, 4.69) is 4.98 Å². The van der Waals surface area contributed by atoms with Crippen molar-refractivity contribution < 1.29 is 24.5 Å². The number of aromatic carboxylic acids is 1. The van der Waals surface area contributed by atoms with E-state index in [4.69, 9.17) is 9.84 Å². The van der Waals surface area contributed by atoms with Crippen molar-refractivity contribution in [3.8, 4) is 5.88 Å². The van der Waals surface area contributed by atoms with Crippen molar-refractivity contribution in [2.24, 2.45) is 0 Å². The molecule has 27 heavy (non-hydrogen) atoms. The number of carbonyl (C=O) groups excluding carboxylic acids is 1. The van der Waals surface area contributed by atoms with E-state index in [1.54, 1.807) is 18.2 Å². The molecule has 1 unspecified atom stereocenters. The molecule has 0 aliphatic carbocycles. The van der Waals surface area contributed by atoms with Crippen LogP contribution < -0.4 is 5.56 Å². The standard InChI is InChI=1S/C19H16N2O6/c1-27-15(22)10-13(11-5-7-12(8-6-11)19(25)26)16-17(23)20-14-4-2-3-9-21(14)18(16)24/h2-9,13,23H,10H2,1H3,(H,25,26). The summed E-state index contributed by atoms with van der Waals surface area (Å²) in [5.74, 6) is -3.01. The van der Waals surface area contributed by atoms with E-state index in [0.29, 0.717) is 5.56 Å². The number of aromatic hydroxyl groups is 1. The lowest BCUT2D eigenvalue weighted by Crippen LogP contribution is -2.24. The van der Waals surface area contributed by atoms with Crippen molar-refractivity contribution in [3.63, 3.8) is 0 Å². The van der Waals surface area contributed by atoms with Gasteiger partial charge in [0.2, 0.25) is 5.88 Å². The Morgan fingerprint density at radius 2 is 1.89 bits per heavy atom. The lowest BCUT2D eigenvalue weighted by molar-refractivity contribution is -0.140. The van der Waals surface area contributed by atoms with E-state index in [1.807, 2.05) is 0 Å². The topological polar surface area (TPSA) is 118 Å². The largest absolute Gasteiger partial charge is 0.493 e. The van der Waals surface area contributed by atoms with Crippen LogP contribution >= 0.6 is 0 Å². The number of ether oxygens (including phenoxy) is 1. The Morgan fingerprint density at radius 3 is 2.52 bits per heavy atom. The lowest BCUT2D eigenvalue weighted by Gasteiger charge is -2.17. The predicted octanol–water partition coefficient (Wildman–Crippen LogP) is 1.79. The monoisotopic (exact) mass is 368 g/mol. The second-order valence-electron chi connectivity index (χ2n) is 5.84. The normalized spacial score (nSPS) is 11.9. The van der Waals surface area contributed by atoms with Gasteiger partial charge in [0.1, 0.15) is 5.65 Å². The van der Waals surface area contributed by atoms with Crippen molar-refractivity contribution in [3.05, 3.63) is 75.7 Å². The van der Waals surface area contributed by atoms with E-state index in [-0.39, 0.29) is 23.2 Å². The SMILES string of the molecule is COC(=O)CC(c1ccc(C(=O)O)cc1)c1c(O)nc2ccccn2c1=O. The molecule has 0 radical (unpaired) electrons. The maximum Gasteiger partial charge on any atom is 0.335 e. The molecule has 138 valence electrons. The quantitative estimate of drug-likeness (QED) is 0.659. The summed E-state index contributed by atoms with van der Waals surface area (Å²) in [7, 11) is 1.22. The number of nitrogens with zero attached hydrogens (tertiary/aromatic N) is 2. The number of pyridine rings is 1. The van der Waals surface area contributed by atoms with Gasteiger partial charge in [0.05, 0.1) is 24.7 Å². The van der Waals surface area contributed by atoms with Crippen molar-refractivity contribution >= 4 is 17.6 Å². The number of aromatic nitrogens is 2. The first kappa shape index (κ1) is 18.1. The number of hydrogen-bond acceptors (Lipinski definition) is 6. The van der Waals surface area contributed by atoms with Crippen LogP contribution in [0.3, 0.4) is 0 Å². The molecular weight excluding hydrogens is 352 g/mol. The zero-order valence-corrected chi connectivity index (χ0v) is 14.3. The highest BCUT2D eigenvalue weighted by Crippen LogP contribution is 2.31. The highest BCUT2D eigenvalue weighted by Gasteiger charge is 2.27. The Balaban J connectivity index is 2.19. The van der Waals surface area contributed by atoms with E-state index in [9.17, 15) is 19.5 Å². The first-order valence-corrected chi connectivity index (χ1v) is 8.02. The summed E-state index contributed by atoms with van der Waals surface area (Å²) in [6.07, 6.45) is 1.29. The fraction of sp³-hybridized carbons (Fsp3) is 0.158. The van der Waals surface area contributed by atoms with Gasteiger partial charge in [0, 0.05) is 12.1 Å². The number of esters is 1. The van der Waals surface area contributed by atoms with Gasteiger partial charge in [-0.05, 0) is 29.8 Å². The molecule has 2 N–H and O–H groups in total. The number of carbonyl (C=O) groups is 2. The van der Waals surface area contributed by atoms with Crippen LogP contribution in [-0.4, -0.2) is 38.6 Å². The van der Waals surface area contributed by atoms with E-state index in [1.165, 1.54) is 42.0 Å². The van der Waals surface area contributed by atoms with Crippen molar-refractivity contribution in [1.82, 2.24) is 9.38 Å². The molecule has 0 saturated carbocycles. The van der Waals surface area contributed by atoms with Gasteiger partial charge < -0.3 is 14.9 Å². The van der Waals surface area contributed by atoms with Crippen LogP contribution in [0, 0.1) is 0 Å². The first-order chi connectivity index (χ1) is 12.9. The maximum absolute atomic E-state index is 12.9. The Bertz CT molecular complexity index is 1070. The molecule has 0 bridgehead atoms. The van der Waals surface area contributed by atoms with Gasteiger partial charge in [-0.2, -0.15) is 4.98 Å². The summed E-state index contributed by atoms with van der Waals surface area (Å²) in [6, 6.07) is 10.6. The van der Waals surface area contributed by atoms with Crippen molar-refractivity contribution in [2.75, 3.05) is 7.11 Å². The van der Waals surface area contributed by atoms with Crippen LogP contribution in [0.15, 0.2) is 53.5 Å². The Morgan fingerprint density at radius 1 is 1.19 bits per heavy atom. The summed E-state index contributed by atoms with van der Waals surface area (Å²) in [4.78, 5) is 39.9. The summed E-state index contributed by atoms with van der Waals surface area (Å²) in [5.41, 5.74) is 0.229. The second-order valence-corrected chi connectivity index (χ2v) is 5.84. The number of hydrogen-bond donors (Lipinski definition) is 2. The predicted molar refractivity (Wildman–Crippen MR) is 95.0 cm³/mol. The fourth-order valence-corrected chi connectivity index (χ4v) is 2.89. The summed E-state index contributed by atoms with van der Waals surface area (Å²) in [5, 5.41) is 19.4. The molecule has 0 saturated heterocycles. The van der Waals surface area contributed by atoms with Crippen molar-refractivity contribution in [2.45, 2.75) is 12.3 Å². The highest BCUT2D eigenvalue weighted by molar-refractivity contribution is 5.87. The average Bonchev–Trinajstić information content (AvgIpc) is 2.67. The molecule has 8 nitrogen and oxygen atoms in total. The van der Waals surface area contributed by atoms with Gasteiger partial charge in [0.25, 0.3) is 5.56 Å². The number of carboxylic acid groups (broad SMARTS) is 1. The fourth-order valence-electron chi connectivity index (χ4n) is 2.89. The molecule has 1 atom stereocenters. The minimum atomic E-state index is -1.10. The van der Waals surface area contributed by atoms with Gasteiger partial charge in [-0.1, -0.05) is 18.2 Å². The van der Waals surface area contributed by atoms with Gasteiger partial charge in [-0.15, -0.1) is 0 Å². The first-order valence-electron chi connectivity index (χ1n) is 8.02. The molecule has 0 amide bonds. The van der Waals surface area contributed by atoms with Crippen LogP contribution in [0.5, 0.6) is 5.88 Å².